The van der Waals surface area contributed by atoms with Crippen molar-refractivity contribution in [3.63, 3.8) is 0 Å². The van der Waals surface area contributed by atoms with E-state index in [-0.39, 0.29) is 0 Å². The third-order valence-electron chi connectivity index (χ3n) is 2.53. The van der Waals surface area contributed by atoms with Crippen LogP contribution in [0.5, 0.6) is 5.75 Å². The van der Waals surface area contributed by atoms with E-state index >= 15 is 0 Å². The fourth-order valence-electron chi connectivity index (χ4n) is 1.36. The maximum Gasteiger partial charge on any atom is 0.118 e. The summed E-state index contributed by atoms with van der Waals surface area (Å²) >= 11 is 0. The molecule has 1 atom stereocenters. The fraction of sp³-hybridized carbons (Fsp3) is 0.500. The number of hydrogen-bond acceptors (Lipinski definition) is 3. The van der Waals surface area contributed by atoms with Crippen molar-refractivity contribution in [2.24, 2.45) is 0 Å². The lowest BCUT2D eigenvalue weighted by atomic mass is 10.1. The molecule has 0 aromatic heterocycles. The number of rotatable bonds is 5. The van der Waals surface area contributed by atoms with Crippen LogP contribution in [0.3, 0.4) is 0 Å². The van der Waals surface area contributed by atoms with Crippen LogP contribution in [0.25, 0.3) is 0 Å². The molecule has 0 amide bonds. The van der Waals surface area contributed by atoms with E-state index in [1.54, 1.807) is 7.11 Å². The van der Waals surface area contributed by atoms with Gasteiger partial charge in [-0.25, -0.2) is 0 Å². The molecule has 15 heavy (non-hydrogen) atoms. The van der Waals surface area contributed by atoms with Gasteiger partial charge in [0.2, 0.25) is 0 Å². The van der Waals surface area contributed by atoms with Crippen LogP contribution in [0.1, 0.15) is 18.6 Å². The van der Waals surface area contributed by atoms with E-state index in [1.807, 2.05) is 31.3 Å². The first-order valence-electron chi connectivity index (χ1n) is 5.18. The highest BCUT2D eigenvalue weighted by Gasteiger charge is 2.09. The Morgan fingerprint density at radius 2 is 1.93 bits per heavy atom. The molecule has 3 heteroatoms. The Labute approximate surface area is 91.3 Å². The number of benzene rings is 1. The average molecular weight is 209 g/mol. The molecule has 84 valence electrons. The zero-order chi connectivity index (χ0) is 11.3. The molecule has 0 aliphatic carbocycles. The largest absolute Gasteiger partial charge is 0.497 e. The molecule has 0 saturated carbocycles. The van der Waals surface area contributed by atoms with Gasteiger partial charge in [-0.3, -0.25) is 0 Å². The fourth-order valence-corrected chi connectivity index (χ4v) is 1.36. The second-order valence-corrected chi connectivity index (χ2v) is 3.64. The number of likely N-dealkylation sites (N-methyl/N-ethyl adjacent to an activating group) is 1. The highest BCUT2D eigenvalue weighted by molar-refractivity contribution is 5.28. The van der Waals surface area contributed by atoms with E-state index < -0.39 is 6.10 Å². The van der Waals surface area contributed by atoms with Crippen LogP contribution in [0.2, 0.25) is 0 Å². The standard InChI is InChI=1S/C12H19NO2/c1-4-13(2)9-12(14)10-5-7-11(15-3)8-6-10/h5-8,12,14H,4,9H2,1-3H3. The molecule has 0 saturated heterocycles. The summed E-state index contributed by atoms with van der Waals surface area (Å²) in [5.74, 6) is 0.815. The first-order valence-corrected chi connectivity index (χ1v) is 5.18. The van der Waals surface area contributed by atoms with Gasteiger partial charge in [-0.15, -0.1) is 0 Å². The van der Waals surface area contributed by atoms with E-state index in [0.717, 1.165) is 17.9 Å². The second kappa shape index (κ2) is 5.73. The summed E-state index contributed by atoms with van der Waals surface area (Å²) in [6.45, 7) is 3.66. The van der Waals surface area contributed by atoms with Crippen LogP contribution in [-0.2, 0) is 0 Å². The normalized spacial score (nSPS) is 12.9. The van der Waals surface area contributed by atoms with Crippen molar-refractivity contribution in [1.82, 2.24) is 4.90 Å². The van der Waals surface area contributed by atoms with Crippen molar-refractivity contribution in [3.05, 3.63) is 29.8 Å². The van der Waals surface area contributed by atoms with E-state index in [4.69, 9.17) is 4.74 Å². The van der Waals surface area contributed by atoms with E-state index in [1.165, 1.54) is 0 Å². The van der Waals surface area contributed by atoms with Gasteiger partial charge in [0.15, 0.2) is 0 Å². The lowest BCUT2D eigenvalue weighted by molar-refractivity contribution is 0.129. The first kappa shape index (κ1) is 12.0. The molecule has 0 radical (unpaired) electrons. The second-order valence-electron chi connectivity index (χ2n) is 3.64. The molecule has 0 fully saturated rings. The molecule has 0 heterocycles. The minimum atomic E-state index is -0.430. The molecule has 0 spiro atoms. The molecule has 0 aliphatic heterocycles. The third-order valence-corrected chi connectivity index (χ3v) is 2.53. The predicted molar refractivity (Wildman–Crippen MR) is 61.1 cm³/mol. The quantitative estimate of drug-likeness (QED) is 0.801. The molecule has 3 nitrogen and oxygen atoms in total. The Balaban J connectivity index is 2.61. The average Bonchev–Trinajstić information content (AvgIpc) is 2.29. The van der Waals surface area contributed by atoms with Crippen molar-refractivity contribution >= 4 is 0 Å². The summed E-state index contributed by atoms with van der Waals surface area (Å²) < 4.78 is 5.06. The maximum atomic E-state index is 9.90. The first-order chi connectivity index (χ1) is 7.17. The number of hydrogen-bond donors (Lipinski definition) is 1. The van der Waals surface area contributed by atoms with Crippen molar-refractivity contribution in [2.45, 2.75) is 13.0 Å². The smallest absolute Gasteiger partial charge is 0.118 e. The minimum Gasteiger partial charge on any atom is -0.497 e. The van der Waals surface area contributed by atoms with Gasteiger partial charge in [-0.05, 0) is 31.3 Å². The molecular weight excluding hydrogens is 190 g/mol. The van der Waals surface area contributed by atoms with Crippen LogP contribution in [0.15, 0.2) is 24.3 Å². The van der Waals surface area contributed by atoms with Gasteiger partial charge in [0.05, 0.1) is 13.2 Å². The predicted octanol–water partition coefficient (Wildman–Crippen LogP) is 1.68. The van der Waals surface area contributed by atoms with Crippen LogP contribution in [0, 0.1) is 0 Å². The third kappa shape index (κ3) is 3.53. The van der Waals surface area contributed by atoms with Crippen LogP contribution >= 0.6 is 0 Å². The lowest BCUT2D eigenvalue weighted by Gasteiger charge is -2.19. The Bertz CT molecular complexity index is 284. The van der Waals surface area contributed by atoms with Crippen LogP contribution in [0.4, 0.5) is 0 Å². The molecule has 1 unspecified atom stereocenters. The van der Waals surface area contributed by atoms with Gasteiger partial charge < -0.3 is 14.7 Å². The SMILES string of the molecule is CCN(C)CC(O)c1ccc(OC)cc1. The van der Waals surface area contributed by atoms with E-state index in [9.17, 15) is 5.11 Å². The van der Waals surface area contributed by atoms with Gasteiger partial charge in [-0.1, -0.05) is 19.1 Å². The van der Waals surface area contributed by atoms with Crippen LogP contribution < -0.4 is 4.74 Å². The molecule has 1 aromatic carbocycles. The summed E-state index contributed by atoms with van der Waals surface area (Å²) in [5, 5.41) is 9.90. The number of aliphatic hydroxyl groups is 1. The zero-order valence-electron chi connectivity index (χ0n) is 9.60. The Morgan fingerprint density at radius 3 is 2.40 bits per heavy atom. The monoisotopic (exact) mass is 209 g/mol. The van der Waals surface area contributed by atoms with Crippen LogP contribution in [-0.4, -0.2) is 37.3 Å². The van der Waals surface area contributed by atoms with Gasteiger partial charge in [-0.2, -0.15) is 0 Å². The number of nitrogens with zero attached hydrogens (tertiary/aromatic N) is 1. The number of ether oxygens (including phenoxy) is 1. The van der Waals surface area contributed by atoms with Gasteiger partial charge >= 0.3 is 0 Å². The Hall–Kier alpha value is -1.06. The van der Waals surface area contributed by atoms with E-state index in [2.05, 4.69) is 11.8 Å². The maximum absolute atomic E-state index is 9.90. The summed E-state index contributed by atoms with van der Waals surface area (Å²) in [7, 11) is 3.63. The topological polar surface area (TPSA) is 32.7 Å². The molecular formula is C12H19NO2. The lowest BCUT2D eigenvalue weighted by Crippen LogP contribution is -2.24. The molecule has 1 rings (SSSR count). The van der Waals surface area contributed by atoms with Crippen molar-refractivity contribution in [3.8, 4) is 5.75 Å². The molecule has 1 aromatic rings. The zero-order valence-corrected chi connectivity index (χ0v) is 9.60. The van der Waals surface area contributed by atoms with E-state index in [0.29, 0.717) is 6.54 Å². The molecule has 0 aliphatic rings. The van der Waals surface area contributed by atoms with Crippen molar-refractivity contribution in [2.75, 3.05) is 27.2 Å². The summed E-state index contributed by atoms with van der Waals surface area (Å²) in [5.41, 5.74) is 0.927. The number of methoxy groups -OCH3 is 1. The molecule has 1 N–H and O–H groups in total. The summed E-state index contributed by atoms with van der Waals surface area (Å²) in [4.78, 5) is 2.08. The van der Waals surface area contributed by atoms with Gasteiger partial charge in [0, 0.05) is 6.54 Å². The summed E-state index contributed by atoms with van der Waals surface area (Å²) in [6.07, 6.45) is -0.430. The van der Waals surface area contributed by atoms with Crippen molar-refractivity contribution < 1.29 is 9.84 Å². The minimum absolute atomic E-state index is 0.430. The highest BCUT2D eigenvalue weighted by Crippen LogP contribution is 2.17. The van der Waals surface area contributed by atoms with Crippen molar-refractivity contribution in [1.29, 1.82) is 0 Å². The Morgan fingerprint density at radius 1 is 1.33 bits per heavy atom. The Kier molecular flexibility index (Phi) is 4.59. The summed E-state index contributed by atoms with van der Waals surface area (Å²) in [6, 6.07) is 7.52. The molecule has 0 bridgehead atoms. The van der Waals surface area contributed by atoms with Gasteiger partial charge in [0.1, 0.15) is 5.75 Å². The van der Waals surface area contributed by atoms with Gasteiger partial charge in [0.25, 0.3) is 0 Å². The highest BCUT2D eigenvalue weighted by atomic mass is 16.5. The number of aliphatic hydroxyl groups excluding tert-OH is 1.